The number of halogens is 1. The lowest BCUT2D eigenvalue weighted by molar-refractivity contribution is -0.150. The fourth-order valence-electron chi connectivity index (χ4n) is 5.14. The molecule has 3 aliphatic heterocycles. The Balaban J connectivity index is 2.01. The zero-order valence-corrected chi connectivity index (χ0v) is 18.2. The fraction of sp³-hybridized carbons (Fsp3) is 0.750. The minimum absolute atomic E-state index is 0.124. The number of alkyl halides is 1. The maximum atomic E-state index is 13.6. The third-order valence-corrected chi connectivity index (χ3v) is 7.15. The lowest BCUT2D eigenvalue weighted by Gasteiger charge is -2.37. The molecule has 3 unspecified atom stereocenters. The van der Waals surface area contributed by atoms with Crippen molar-refractivity contribution in [1.82, 2.24) is 9.80 Å². The number of hydrogen-bond acceptors (Lipinski definition) is 5. The summed E-state index contributed by atoms with van der Waals surface area (Å²) in [6, 6.07) is -0.891. The molecule has 3 aliphatic rings. The largest absolute Gasteiger partial charge is 0.481 e. The molecular formula is C20H29BrN2O6. The summed E-state index contributed by atoms with van der Waals surface area (Å²) in [5.74, 6) is -3.55. The number of aliphatic carboxylic acids is 1. The van der Waals surface area contributed by atoms with Crippen molar-refractivity contribution < 1.29 is 29.3 Å². The lowest BCUT2D eigenvalue weighted by Crippen LogP contribution is -2.57. The number of carboxylic acid groups (broad SMARTS) is 1. The average molecular weight is 473 g/mol. The molecule has 0 saturated carbocycles. The molecule has 2 amide bonds. The highest BCUT2D eigenvalue weighted by Gasteiger charge is 2.76. The highest BCUT2D eigenvalue weighted by atomic mass is 79.9. The van der Waals surface area contributed by atoms with Crippen LogP contribution in [0.4, 0.5) is 0 Å². The molecule has 2 bridgehead atoms. The van der Waals surface area contributed by atoms with Gasteiger partial charge in [-0.3, -0.25) is 14.4 Å². The summed E-state index contributed by atoms with van der Waals surface area (Å²) in [4.78, 5) is 41.8. The molecule has 3 saturated heterocycles. The van der Waals surface area contributed by atoms with Crippen LogP contribution in [0.3, 0.4) is 0 Å². The minimum Gasteiger partial charge on any atom is -0.481 e. The molecule has 0 radical (unpaired) electrons. The summed E-state index contributed by atoms with van der Waals surface area (Å²) in [5, 5.41) is 19.1. The van der Waals surface area contributed by atoms with Gasteiger partial charge in [0.2, 0.25) is 11.8 Å². The van der Waals surface area contributed by atoms with Gasteiger partial charge in [0, 0.05) is 31.1 Å². The Morgan fingerprint density at radius 3 is 2.76 bits per heavy atom. The van der Waals surface area contributed by atoms with E-state index in [1.807, 2.05) is 6.92 Å². The molecule has 2 N–H and O–H groups in total. The Morgan fingerprint density at radius 1 is 1.45 bits per heavy atom. The number of aliphatic hydroxyl groups is 1. The van der Waals surface area contributed by atoms with E-state index in [0.29, 0.717) is 25.9 Å². The predicted octanol–water partition coefficient (Wildman–Crippen LogP) is 1.02. The van der Waals surface area contributed by atoms with Crippen molar-refractivity contribution in [1.29, 1.82) is 0 Å². The van der Waals surface area contributed by atoms with Crippen molar-refractivity contribution >= 4 is 33.7 Å². The summed E-state index contributed by atoms with van der Waals surface area (Å²) in [6.45, 7) is 6.72. The molecule has 1 spiro atoms. The second kappa shape index (κ2) is 8.73. The molecule has 162 valence electrons. The first-order chi connectivity index (χ1) is 13.8. The number of carbonyl (C=O) groups is 3. The highest BCUT2D eigenvalue weighted by molar-refractivity contribution is 9.09. The second-order valence-corrected chi connectivity index (χ2v) is 9.21. The van der Waals surface area contributed by atoms with Gasteiger partial charge in [-0.25, -0.2) is 0 Å². The van der Waals surface area contributed by atoms with Gasteiger partial charge >= 0.3 is 5.97 Å². The maximum Gasteiger partial charge on any atom is 0.310 e. The van der Waals surface area contributed by atoms with Crippen molar-refractivity contribution in [3.8, 4) is 0 Å². The van der Waals surface area contributed by atoms with Gasteiger partial charge in [-0.15, -0.1) is 6.58 Å². The number of carboxylic acids is 1. The number of nitrogens with zero attached hydrogens (tertiary/aromatic N) is 2. The average Bonchev–Trinajstić information content (AvgIpc) is 3.26. The number of likely N-dealkylation sites (tertiary alicyclic amines) is 1. The van der Waals surface area contributed by atoms with Crippen LogP contribution < -0.4 is 0 Å². The van der Waals surface area contributed by atoms with Crippen molar-refractivity contribution in [2.45, 2.75) is 55.2 Å². The summed E-state index contributed by atoms with van der Waals surface area (Å²) in [7, 11) is 0. The van der Waals surface area contributed by atoms with Crippen LogP contribution in [-0.4, -0.2) is 86.6 Å². The van der Waals surface area contributed by atoms with Crippen molar-refractivity contribution in [3.63, 3.8) is 0 Å². The highest BCUT2D eigenvalue weighted by Crippen LogP contribution is 2.60. The van der Waals surface area contributed by atoms with Crippen LogP contribution in [0.1, 0.15) is 32.6 Å². The first kappa shape index (κ1) is 22.2. The van der Waals surface area contributed by atoms with Crippen LogP contribution >= 0.6 is 15.9 Å². The van der Waals surface area contributed by atoms with Gasteiger partial charge in [-0.2, -0.15) is 0 Å². The van der Waals surface area contributed by atoms with E-state index < -0.39 is 35.6 Å². The first-order valence-electron chi connectivity index (χ1n) is 10.2. The number of carbonyl (C=O) groups excluding carboxylic acids is 2. The monoisotopic (exact) mass is 472 g/mol. The van der Waals surface area contributed by atoms with Crippen LogP contribution in [0.15, 0.2) is 12.7 Å². The molecule has 0 aromatic carbocycles. The van der Waals surface area contributed by atoms with Crippen molar-refractivity contribution in [3.05, 3.63) is 12.7 Å². The molecule has 9 heteroatoms. The van der Waals surface area contributed by atoms with Crippen LogP contribution in [0, 0.1) is 11.8 Å². The van der Waals surface area contributed by atoms with Crippen LogP contribution in [0.25, 0.3) is 0 Å². The van der Waals surface area contributed by atoms with E-state index in [1.54, 1.807) is 11.0 Å². The maximum absolute atomic E-state index is 13.6. The normalized spacial score (nSPS) is 35.1. The van der Waals surface area contributed by atoms with Crippen LogP contribution in [-0.2, 0) is 19.1 Å². The topological polar surface area (TPSA) is 107 Å². The minimum atomic E-state index is -1.16. The summed E-state index contributed by atoms with van der Waals surface area (Å²) < 4.78 is 6.19. The Bertz CT molecular complexity index is 688. The molecule has 0 aromatic rings. The Morgan fingerprint density at radius 2 is 2.17 bits per heavy atom. The van der Waals surface area contributed by atoms with Gasteiger partial charge in [-0.1, -0.05) is 35.4 Å². The molecule has 3 fully saturated rings. The van der Waals surface area contributed by atoms with Gasteiger partial charge in [0.25, 0.3) is 0 Å². The van der Waals surface area contributed by atoms with E-state index in [2.05, 4.69) is 22.5 Å². The van der Waals surface area contributed by atoms with E-state index in [-0.39, 0.29) is 29.8 Å². The van der Waals surface area contributed by atoms with E-state index in [4.69, 9.17) is 4.74 Å². The van der Waals surface area contributed by atoms with E-state index in [9.17, 15) is 24.6 Å². The standard InChI is InChI=1S/C20H29BrN2O6/c1-3-5-8-22(7-4-2)18(26)16-20-11-12(21)15(29-20)13(19(27)28)14(20)17(25)23(16)9-6-10-24/h4,12-16,24H,2-3,5-11H2,1H3,(H,27,28)/t12?,13-,14-,15-,16?,20?/m0/s1. The van der Waals surface area contributed by atoms with Gasteiger partial charge in [0.05, 0.1) is 17.9 Å². The molecule has 6 atom stereocenters. The predicted molar refractivity (Wildman–Crippen MR) is 108 cm³/mol. The van der Waals surface area contributed by atoms with Gasteiger partial charge < -0.3 is 24.7 Å². The Labute approximate surface area is 179 Å². The molecule has 3 heterocycles. The Kier molecular flexibility index (Phi) is 6.70. The Hall–Kier alpha value is -1.45. The van der Waals surface area contributed by atoms with Crippen LogP contribution in [0.2, 0.25) is 0 Å². The number of aliphatic hydroxyl groups excluding tert-OH is 1. The smallest absolute Gasteiger partial charge is 0.310 e. The third kappa shape index (κ3) is 3.51. The third-order valence-electron chi connectivity index (χ3n) is 6.31. The van der Waals surface area contributed by atoms with Crippen LogP contribution in [0.5, 0.6) is 0 Å². The van der Waals surface area contributed by atoms with Gasteiger partial charge in [0.15, 0.2) is 0 Å². The molecule has 29 heavy (non-hydrogen) atoms. The molecule has 0 aliphatic carbocycles. The summed E-state index contributed by atoms with van der Waals surface area (Å²) in [5.41, 5.74) is -1.16. The SMILES string of the molecule is C=CCN(CCCC)C(=O)C1N(CCCO)C(=O)[C@@H]2[C@H](C(=O)O)[C@H]3OC12CC3Br. The second-order valence-electron chi connectivity index (χ2n) is 8.04. The number of amides is 2. The molecule has 0 aromatic heterocycles. The molecule has 3 rings (SSSR count). The van der Waals surface area contributed by atoms with E-state index in [1.165, 1.54) is 4.90 Å². The zero-order valence-electron chi connectivity index (χ0n) is 16.6. The number of ether oxygens (including phenoxy) is 1. The number of rotatable bonds is 10. The van der Waals surface area contributed by atoms with E-state index in [0.717, 1.165) is 12.8 Å². The zero-order chi connectivity index (χ0) is 21.3. The van der Waals surface area contributed by atoms with Crippen molar-refractivity contribution in [2.75, 3.05) is 26.2 Å². The first-order valence-corrected chi connectivity index (χ1v) is 11.1. The summed E-state index contributed by atoms with van der Waals surface area (Å²) >= 11 is 3.51. The number of hydrogen-bond donors (Lipinski definition) is 2. The molecule has 8 nitrogen and oxygen atoms in total. The quantitative estimate of drug-likeness (QED) is 0.363. The van der Waals surface area contributed by atoms with E-state index >= 15 is 0 Å². The van der Waals surface area contributed by atoms with Crippen molar-refractivity contribution in [2.24, 2.45) is 11.8 Å². The number of fused-ring (bicyclic) bond motifs is 1. The fourth-order valence-corrected chi connectivity index (χ4v) is 6.08. The summed E-state index contributed by atoms with van der Waals surface area (Å²) in [6.07, 6.45) is 3.45. The van der Waals surface area contributed by atoms with Gasteiger partial charge in [-0.05, 0) is 19.3 Å². The lowest BCUT2D eigenvalue weighted by atomic mass is 9.70. The van der Waals surface area contributed by atoms with Gasteiger partial charge in [0.1, 0.15) is 11.6 Å². The molecular weight excluding hydrogens is 444 g/mol. The number of unbranched alkanes of at least 4 members (excludes halogenated alkanes) is 1.